The molecular formula is C22H22ClNO4. The SMILES string of the molecule is CC1CCc2ccccc2N1C(=O)COC(=O)CCC(=O)c1ccc(Cl)cc1. The molecule has 0 saturated heterocycles. The van der Waals surface area contributed by atoms with Crippen molar-refractivity contribution < 1.29 is 19.1 Å². The van der Waals surface area contributed by atoms with Gasteiger partial charge in [-0.3, -0.25) is 14.4 Å². The zero-order valence-electron chi connectivity index (χ0n) is 15.7. The number of hydrogen-bond donors (Lipinski definition) is 0. The fraction of sp³-hybridized carbons (Fsp3) is 0.318. The molecule has 146 valence electrons. The van der Waals surface area contributed by atoms with Gasteiger partial charge >= 0.3 is 5.97 Å². The number of halogens is 1. The van der Waals surface area contributed by atoms with Crippen molar-refractivity contribution in [3.63, 3.8) is 0 Å². The molecule has 28 heavy (non-hydrogen) atoms. The fourth-order valence-electron chi connectivity index (χ4n) is 3.35. The van der Waals surface area contributed by atoms with E-state index in [9.17, 15) is 14.4 Å². The molecule has 0 saturated carbocycles. The largest absolute Gasteiger partial charge is 0.456 e. The summed E-state index contributed by atoms with van der Waals surface area (Å²) < 4.78 is 5.12. The Balaban J connectivity index is 1.51. The van der Waals surface area contributed by atoms with E-state index < -0.39 is 5.97 Å². The molecule has 0 radical (unpaired) electrons. The Hall–Kier alpha value is -2.66. The number of carbonyl (C=O) groups excluding carboxylic acids is 3. The number of esters is 1. The summed E-state index contributed by atoms with van der Waals surface area (Å²) in [7, 11) is 0. The number of nitrogens with zero attached hydrogens (tertiary/aromatic N) is 1. The number of ether oxygens (including phenoxy) is 1. The molecule has 0 aromatic heterocycles. The first-order valence-corrected chi connectivity index (χ1v) is 9.68. The molecule has 0 aliphatic carbocycles. The molecule has 6 heteroatoms. The van der Waals surface area contributed by atoms with Gasteiger partial charge < -0.3 is 9.64 Å². The van der Waals surface area contributed by atoms with E-state index in [4.69, 9.17) is 16.3 Å². The van der Waals surface area contributed by atoms with E-state index in [-0.39, 0.29) is 37.2 Å². The van der Waals surface area contributed by atoms with Crippen LogP contribution in [0.15, 0.2) is 48.5 Å². The Morgan fingerprint density at radius 3 is 2.54 bits per heavy atom. The molecule has 0 N–H and O–H groups in total. The number of carbonyl (C=O) groups is 3. The van der Waals surface area contributed by atoms with Gasteiger partial charge in [0.05, 0.1) is 6.42 Å². The molecule has 2 aromatic carbocycles. The topological polar surface area (TPSA) is 63.7 Å². The van der Waals surface area contributed by atoms with Gasteiger partial charge in [0.1, 0.15) is 0 Å². The summed E-state index contributed by atoms with van der Waals surface area (Å²) in [6.45, 7) is 1.66. The minimum atomic E-state index is -0.561. The number of benzene rings is 2. The van der Waals surface area contributed by atoms with E-state index in [1.165, 1.54) is 0 Å². The standard InChI is InChI=1S/C22H22ClNO4/c1-15-6-7-16-4-2-3-5-19(16)24(15)21(26)14-28-22(27)13-12-20(25)17-8-10-18(23)11-9-17/h2-5,8-11,15H,6-7,12-14H2,1H3. The second-order valence-corrected chi connectivity index (χ2v) is 7.31. The third-order valence-corrected chi connectivity index (χ3v) is 5.12. The van der Waals surface area contributed by atoms with Crippen molar-refractivity contribution >= 4 is 34.9 Å². The summed E-state index contributed by atoms with van der Waals surface area (Å²) in [5, 5.41) is 0.544. The van der Waals surface area contributed by atoms with Crippen molar-refractivity contribution in [2.75, 3.05) is 11.5 Å². The number of para-hydroxylation sites is 1. The van der Waals surface area contributed by atoms with Gasteiger partial charge in [-0.1, -0.05) is 29.8 Å². The van der Waals surface area contributed by atoms with Crippen molar-refractivity contribution in [3.05, 3.63) is 64.7 Å². The van der Waals surface area contributed by atoms with Crippen molar-refractivity contribution in [1.29, 1.82) is 0 Å². The number of aryl methyl sites for hydroxylation is 1. The van der Waals surface area contributed by atoms with Crippen molar-refractivity contribution in [2.45, 2.75) is 38.6 Å². The van der Waals surface area contributed by atoms with Crippen LogP contribution in [-0.4, -0.2) is 30.3 Å². The first kappa shape index (κ1) is 20.1. The highest BCUT2D eigenvalue weighted by molar-refractivity contribution is 6.30. The molecule has 0 spiro atoms. The van der Waals surface area contributed by atoms with Crippen LogP contribution in [0.2, 0.25) is 5.02 Å². The quantitative estimate of drug-likeness (QED) is 0.539. The molecule has 3 rings (SSSR count). The summed E-state index contributed by atoms with van der Waals surface area (Å²) in [6, 6.07) is 14.3. The smallest absolute Gasteiger partial charge is 0.306 e. The highest BCUT2D eigenvalue weighted by Crippen LogP contribution is 2.30. The van der Waals surface area contributed by atoms with Gasteiger partial charge in [-0.05, 0) is 55.7 Å². The van der Waals surface area contributed by atoms with Gasteiger partial charge in [0, 0.05) is 28.7 Å². The van der Waals surface area contributed by atoms with E-state index in [1.807, 2.05) is 31.2 Å². The van der Waals surface area contributed by atoms with Gasteiger partial charge in [0.2, 0.25) is 0 Å². The molecule has 1 amide bonds. The molecule has 1 atom stereocenters. The normalized spacial score (nSPS) is 15.6. The van der Waals surface area contributed by atoms with E-state index in [0.29, 0.717) is 10.6 Å². The van der Waals surface area contributed by atoms with Crippen LogP contribution in [0.1, 0.15) is 42.1 Å². The Morgan fingerprint density at radius 1 is 1.07 bits per heavy atom. The maximum absolute atomic E-state index is 12.6. The maximum atomic E-state index is 12.6. The van der Waals surface area contributed by atoms with Gasteiger partial charge in [-0.2, -0.15) is 0 Å². The van der Waals surface area contributed by atoms with Gasteiger partial charge in [-0.15, -0.1) is 0 Å². The molecule has 1 aliphatic heterocycles. The predicted molar refractivity (Wildman–Crippen MR) is 108 cm³/mol. The Kier molecular flexibility index (Phi) is 6.47. The summed E-state index contributed by atoms with van der Waals surface area (Å²) >= 11 is 5.80. The second kappa shape index (κ2) is 9.02. The fourth-order valence-corrected chi connectivity index (χ4v) is 3.47. The molecule has 1 aliphatic rings. The van der Waals surface area contributed by atoms with Gasteiger partial charge in [0.15, 0.2) is 12.4 Å². The minimum absolute atomic E-state index is 0.0254. The molecule has 1 heterocycles. The Bertz CT molecular complexity index is 878. The van der Waals surface area contributed by atoms with Crippen LogP contribution < -0.4 is 4.90 Å². The van der Waals surface area contributed by atoms with Gasteiger partial charge in [-0.25, -0.2) is 0 Å². The summed E-state index contributed by atoms with van der Waals surface area (Å²) in [5.41, 5.74) is 2.49. The van der Waals surface area contributed by atoms with E-state index in [0.717, 1.165) is 24.1 Å². The Labute approximate surface area is 169 Å². The average molecular weight is 400 g/mol. The third kappa shape index (κ3) is 4.78. The molecule has 1 unspecified atom stereocenters. The zero-order chi connectivity index (χ0) is 20.1. The maximum Gasteiger partial charge on any atom is 0.306 e. The van der Waals surface area contributed by atoms with Crippen LogP contribution in [-0.2, 0) is 20.7 Å². The van der Waals surface area contributed by atoms with Crippen molar-refractivity contribution in [2.24, 2.45) is 0 Å². The van der Waals surface area contributed by atoms with Crippen LogP contribution in [0.4, 0.5) is 5.69 Å². The molecule has 0 fully saturated rings. The predicted octanol–water partition coefficient (Wildman–Crippen LogP) is 4.21. The number of rotatable bonds is 6. The summed E-state index contributed by atoms with van der Waals surface area (Å²) in [4.78, 5) is 38.4. The lowest BCUT2D eigenvalue weighted by Gasteiger charge is -2.35. The lowest BCUT2D eigenvalue weighted by atomic mass is 9.96. The Morgan fingerprint density at radius 2 is 1.79 bits per heavy atom. The highest BCUT2D eigenvalue weighted by Gasteiger charge is 2.28. The molecular weight excluding hydrogens is 378 g/mol. The number of anilines is 1. The van der Waals surface area contributed by atoms with Gasteiger partial charge in [0.25, 0.3) is 5.91 Å². The lowest BCUT2D eigenvalue weighted by Crippen LogP contribution is -2.44. The number of hydrogen-bond acceptors (Lipinski definition) is 4. The number of amides is 1. The summed E-state index contributed by atoms with van der Waals surface area (Å²) in [5.74, 6) is -0.982. The molecule has 5 nitrogen and oxygen atoms in total. The lowest BCUT2D eigenvalue weighted by molar-refractivity contribution is -0.147. The van der Waals surface area contributed by atoms with Crippen LogP contribution in [0.3, 0.4) is 0 Å². The van der Waals surface area contributed by atoms with E-state index in [1.54, 1.807) is 29.2 Å². The number of Topliss-reactive ketones (excluding diaryl/α,β-unsaturated/α-hetero) is 1. The zero-order valence-corrected chi connectivity index (χ0v) is 16.4. The van der Waals surface area contributed by atoms with Crippen LogP contribution >= 0.6 is 11.6 Å². The van der Waals surface area contributed by atoms with Crippen LogP contribution in [0, 0.1) is 0 Å². The van der Waals surface area contributed by atoms with E-state index in [2.05, 4.69) is 0 Å². The van der Waals surface area contributed by atoms with Crippen molar-refractivity contribution in [1.82, 2.24) is 0 Å². The molecule has 2 aromatic rings. The van der Waals surface area contributed by atoms with Crippen LogP contribution in [0.25, 0.3) is 0 Å². The first-order chi connectivity index (χ1) is 13.5. The third-order valence-electron chi connectivity index (χ3n) is 4.87. The summed E-state index contributed by atoms with van der Waals surface area (Å²) in [6.07, 6.45) is 1.75. The highest BCUT2D eigenvalue weighted by atomic mass is 35.5. The number of ketones is 1. The van der Waals surface area contributed by atoms with Crippen LogP contribution in [0.5, 0.6) is 0 Å². The number of fused-ring (bicyclic) bond motifs is 1. The van der Waals surface area contributed by atoms with Crippen molar-refractivity contribution in [3.8, 4) is 0 Å². The monoisotopic (exact) mass is 399 g/mol. The molecule has 0 bridgehead atoms. The average Bonchev–Trinajstić information content (AvgIpc) is 2.70. The minimum Gasteiger partial charge on any atom is -0.456 e. The first-order valence-electron chi connectivity index (χ1n) is 9.30. The van der Waals surface area contributed by atoms with E-state index >= 15 is 0 Å². The second-order valence-electron chi connectivity index (χ2n) is 6.87.